The molecule has 1 fully saturated rings. The Hall–Kier alpha value is -0.610. The maximum atomic E-state index is 5.90. The van der Waals surface area contributed by atoms with Gasteiger partial charge in [-0.15, -0.1) is 0 Å². The third-order valence-corrected chi connectivity index (χ3v) is 3.85. The van der Waals surface area contributed by atoms with Crippen molar-refractivity contribution >= 4 is 15.9 Å². The number of ether oxygens (including phenoxy) is 1. The Morgan fingerprint density at radius 1 is 1.29 bits per heavy atom. The maximum Gasteiger partial charge on any atom is 0.214 e. The monoisotopic (exact) mass is 298 g/mol. The first-order chi connectivity index (χ1) is 8.15. The topological polar surface area (TPSA) is 25.4 Å². The van der Waals surface area contributed by atoms with Gasteiger partial charge in [0.25, 0.3) is 0 Å². The van der Waals surface area contributed by atoms with Gasteiger partial charge in [0.15, 0.2) is 0 Å². The molecule has 0 amide bonds. The Morgan fingerprint density at radius 3 is 2.59 bits per heavy atom. The lowest BCUT2D eigenvalue weighted by molar-refractivity contribution is 0.107. The zero-order valence-corrected chi connectivity index (χ0v) is 12.0. The van der Waals surface area contributed by atoms with Gasteiger partial charge in [-0.05, 0) is 45.8 Å². The van der Waals surface area contributed by atoms with Crippen molar-refractivity contribution in [1.29, 1.82) is 0 Å². The molecule has 0 N–H and O–H groups in total. The minimum Gasteiger partial charge on any atom is -0.474 e. The number of pyridine rings is 1. The van der Waals surface area contributed by atoms with Crippen molar-refractivity contribution in [3.05, 3.63) is 22.8 Å². The van der Waals surface area contributed by atoms with E-state index in [0.717, 1.165) is 23.2 Å². The molecule has 1 heterocycles. The van der Waals surface area contributed by atoms with Crippen molar-refractivity contribution < 1.29 is 4.74 Å². The van der Waals surface area contributed by atoms with Crippen LogP contribution >= 0.6 is 15.9 Å². The molecule has 2 rings (SSSR count). The molecule has 1 aliphatic rings. The van der Waals surface area contributed by atoms with Gasteiger partial charge in [-0.2, -0.15) is 0 Å². The number of hydrogen-bond acceptors (Lipinski definition) is 3. The van der Waals surface area contributed by atoms with E-state index in [4.69, 9.17) is 4.74 Å². The predicted molar refractivity (Wildman–Crippen MR) is 72.3 cm³/mol. The van der Waals surface area contributed by atoms with Crippen molar-refractivity contribution in [2.24, 2.45) is 0 Å². The molecular formula is C13H19BrN2O. The molecule has 0 aromatic carbocycles. The van der Waals surface area contributed by atoms with Crippen molar-refractivity contribution in [1.82, 2.24) is 9.88 Å². The molecule has 0 aliphatic heterocycles. The summed E-state index contributed by atoms with van der Waals surface area (Å²) in [5.74, 6) is 0.729. The minimum atomic E-state index is 0.327. The number of aromatic nitrogens is 1. The second-order valence-electron chi connectivity index (χ2n) is 4.82. The largest absolute Gasteiger partial charge is 0.474 e. The quantitative estimate of drug-likeness (QED) is 0.857. The summed E-state index contributed by atoms with van der Waals surface area (Å²) in [6.45, 7) is 0. The van der Waals surface area contributed by atoms with Crippen LogP contribution in [0, 0.1) is 0 Å². The van der Waals surface area contributed by atoms with Crippen LogP contribution in [0.25, 0.3) is 0 Å². The smallest absolute Gasteiger partial charge is 0.214 e. The fourth-order valence-electron chi connectivity index (χ4n) is 2.30. The summed E-state index contributed by atoms with van der Waals surface area (Å²) in [5.41, 5.74) is 0. The molecule has 0 unspecified atom stereocenters. The van der Waals surface area contributed by atoms with E-state index in [-0.39, 0.29) is 0 Å². The van der Waals surface area contributed by atoms with Crippen LogP contribution in [0.4, 0.5) is 0 Å². The molecule has 0 bridgehead atoms. The van der Waals surface area contributed by atoms with Crippen LogP contribution in [0.3, 0.4) is 0 Å². The van der Waals surface area contributed by atoms with E-state index in [0.29, 0.717) is 12.1 Å². The van der Waals surface area contributed by atoms with Crippen LogP contribution in [0.5, 0.6) is 5.88 Å². The molecule has 0 spiro atoms. The molecule has 17 heavy (non-hydrogen) atoms. The summed E-state index contributed by atoms with van der Waals surface area (Å²) < 4.78 is 6.92. The van der Waals surface area contributed by atoms with Crippen LogP contribution in [0.15, 0.2) is 22.8 Å². The van der Waals surface area contributed by atoms with Crippen LogP contribution in [-0.4, -0.2) is 36.1 Å². The number of nitrogens with zero attached hydrogens (tertiary/aromatic N) is 2. The Labute approximate surface area is 111 Å². The molecule has 0 radical (unpaired) electrons. The lowest BCUT2D eigenvalue weighted by Crippen LogP contribution is -2.35. The highest BCUT2D eigenvalue weighted by Gasteiger charge is 2.23. The van der Waals surface area contributed by atoms with Gasteiger partial charge in [-0.25, -0.2) is 4.98 Å². The first-order valence-electron chi connectivity index (χ1n) is 6.10. The van der Waals surface area contributed by atoms with Gasteiger partial charge in [0.1, 0.15) is 6.10 Å². The van der Waals surface area contributed by atoms with E-state index in [2.05, 4.69) is 39.9 Å². The molecule has 94 valence electrons. The molecule has 1 saturated carbocycles. The van der Waals surface area contributed by atoms with Crippen LogP contribution in [0.1, 0.15) is 25.7 Å². The van der Waals surface area contributed by atoms with E-state index in [1.807, 2.05) is 12.1 Å². The number of halogens is 1. The summed E-state index contributed by atoms with van der Waals surface area (Å²) in [6.07, 6.45) is 6.77. The number of rotatable bonds is 3. The SMILES string of the molecule is CN(C)C1CCC(Oc2cc(Br)ccn2)CC1. The number of hydrogen-bond donors (Lipinski definition) is 0. The van der Waals surface area contributed by atoms with E-state index >= 15 is 0 Å². The van der Waals surface area contributed by atoms with Crippen molar-refractivity contribution in [3.63, 3.8) is 0 Å². The van der Waals surface area contributed by atoms with Gasteiger partial charge in [-0.3, -0.25) is 0 Å². The molecule has 4 heteroatoms. The Morgan fingerprint density at radius 2 is 2.00 bits per heavy atom. The second-order valence-corrected chi connectivity index (χ2v) is 5.74. The third-order valence-electron chi connectivity index (χ3n) is 3.36. The highest BCUT2D eigenvalue weighted by molar-refractivity contribution is 9.10. The van der Waals surface area contributed by atoms with Crippen molar-refractivity contribution in [2.45, 2.75) is 37.8 Å². The van der Waals surface area contributed by atoms with Gasteiger partial charge in [0.2, 0.25) is 5.88 Å². The summed E-state index contributed by atoms with van der Waals surface area (Å²) in [5, 5.41) is 0. The van der Waals surface area contributed by atoms with Crippen LogP contribution in [0.2, 0.25) is 0 Å². The van der Waals surface area contributed by atoms with E-state index in [1.54, 1.807) is 6.20 Å². The molecule has 0 atom stereocenters. The van der Waals surface area contributed by atoms with Crippen LogP contribution < -0.4 is 4.74 Å². The normalized spacial score (nSPS) is 24.9. The van der Waals surface area contributed by atoms with Crippen molar-refractivity contribution in [3.8, 4) is 5.88 Å². The molecule has 0 saturated heterocycles. The standard InChI is InChI=1S/C13H19BrN2O/c1-16(2)11-3-5-12(6-4-11)17-13-9-10(14)7-8-15-13/h7-9,11-12H,3-6H2,1-2H3. The first-order valence-corrected chi connectivity index (χ1v) is 6.89. The third kappa shape index (κ3) is 3.68. The zero-order chi connectivity index (χ0) is 12.3. The van der Waals surface area contributed by atoms with E-state index in [9.17, 15) is 0 Å². The average molecular weight is 299 g/mol. The lowest BCUT2D eigenvalue weighted by Gasteiger charge is -2.32. The molecular weight excluding hydrogens is 280 g/mol. The summed E-state index contributed by atoms with van der Waals surface area (Å²) >= 11 is 3.43. The minimum absolute atomic E-state index is 0.327. The molecule has 1 aromatic heterocycles. The first kappa shape index (κ1) is 12.8. The van der Waals surface area contributed by atoms with Gasteiger partial charge in [0, 0.05) is 22.8 Å². The summed E-state index contributed by atoms with van der Waals surface area (Å²) in [4.78, 5) is 6.54. The highest BCUT2D eigenvalue weighted by atomic mass is 79.9. The average Bonchev–Trinajstić information content (AvgIpc) is 2.29. The predicted octanol–water partition coefficient (Wildman–Crippen LogP) is 3.10. The Balaban J connectivity index is 1.86. The molecule has 1 aromatic rings. The van der Waals surface area contributed by atoms with Gasteiger partial charge in [-0.1, -0.05) is 15.9 Å². The highest BCUT2D eigenvalue weighted by Crippen LogP contribution is 2.25. The Bertz CT molecular complexity index is 362. The second kappa shape index (κ2) is 5.83. The van der Waals surface area contributed by atoms with Gasteiger partial charge < -0.3 is 9.64 Å². The lowest BCUT2D eigenvalue weighted by atomic mass is 9.92. The molecule has 1 aliphatic carbocycles. The fraction of sp³-hybridized carbons (Fsp3) is 0.615. The van der Waals surface area contributed by atoms with E-state index in [1.165, 1.54) is 12.8 Å². The summed E-state index contributed by atoms with van der Waals surface area (Å²) in [7, 11) is 4.31. The summed E-state index contributed by atoms with van der Waals surface area (Å²) in [6, 6.07) is 4.55. The molecule has 3 nitrogen and oxygen atoms in total. The van der Waals surface area contributed by atoms with Crippen molar-refractivity contribution in [2.75, 3.05) is 14.1 Å². The maximum absolute atomic E-state index is 5.90. The van der Waals surface area contributed by atoms with Gasteiger partial charge in [0.05, 0.1) is 0 Å². The Kier molecular flexibility index (Phi) is 4.40. The van der Waals surface area contributed by atoms with E-state index < -0.39 is 0 Å². The fourth-order valence-corrected chi connectivity index (χ4v) is 2.61. The zero-order valence-electron chi connectivity index (χ0n) is 10.4. The van der Waals surface area contributed by atoms with Gasteiger partial charge >= 0.3 is 0 Å². The van der Waals surface area contributed by atoms with Crippen LogP contribution in [-0.2, 0) is 0 Å².